The summed E-state index contributed by atoms with van der Waals surface area (Å²) in [5.74, 6) is 0. The molecule has 0 amide bonds. The van der Waals surface area contributed by atoms with Gasteiger partial charge < -0.3 is 14.6 Å². The molecule has 0 saturated heterocycles. The van der Waals surface area contributed by atoms with Crippen LogP contribution in [0, 0.1) is 0 Å². The van der Waals surface area contributed by atoms with E-state index in [1.54, 1.807) is 0 Å². The lowest BCUT2D eigenvalue weighted by Crippen LogP contribution is -2.20. The van der Waals surface area contributed by atoms with Gasteiger partial charge in [0.25, 0.3) is 0 Å². The summed E-state index contributed by atoms with van der Waals surface area (Å²) in [6.07, 6.45) is -6.75. The van der Waals surface area contributed by atoms with Crippen LogP contribution in [0.2, 0.25) is 0 Å². The van der Waals surface area contributed by atoms with Gasteiger partial charge in [-0.15, -0.1) is 13.2 Å². The SMILES string of the molecule is O=C(OCCCO)OC(F)(F)F. The molecular formula is C5H7F3O4. The largest absolute Gasteiger partial charge is 0.577 e. The maximum absolute atomic E-state index is 11.2. The number of aliphatic hydroxyl groups is 1. The van der Waals surface area contributed by atoms with E-state index in [1.807, 2.05) is 0 Å². The summed E-state index contributed by atoms with van der Waals surface area (Å²) in [4.78, 5) is 10.1. The molecule has 0 fully saturated rings. The molecule has 0 aromatic carbocycles. The van der Waals surface area contributed by atoms with Crippen molar-refractivity contribution in [2.75, 3.05) is 13.2 Å². The van der Waals surface area contributed by atoms with Crippen LogP contribution in [0.5, 0.6) is 0 Å². The predicted octanol–water partition coefficient (Wildman–Crippen LogP) is 1.04. The number of aliphatic hydroxyl groups excluding tert-OH is 1. The van der Waals surface area contributed by atoms with Gasteiger partial charge in [-0.1, -0.05) is 0 Å². The Bertz CT molecular complexity index is 144. The second-order valence-electron chi connectivity index (χ2n) is 1.72. The molecule has 0 aliphatic heterocycles. The first-order chi connectivity index (χ1) is 5.45. The minimum Gasteiger partial charge on any atom is -0.434 e. The zero-order valence-corrected chi connectivity index (χ0v) is 5.93. The maximum Gasteiger partial charge on any atom is 0.577 e. The third kappa shape index (κ3) is 7.13. The molecule has 7 heteroatoms. The first kappa shape index (κ1) is 11.0. The molecule has 0 rings (SSSR count). The lowest BCUT2D eigenvalue weighted by molar-refractivity contribution is -0.299. The molecular weight excluding hydrogens is 181 g/mol. The Labute approximate surface area is 65.9 Å². The van der Waals surface area contributed by atoms with Crippen molar-refractivity contribution in [1.29, 1.82) is 0 Å². The van der Waals surface area contributed by atoms with Crippen molar-refractivity contribution in [3.63, 3.8) is 0 Å². The Morgan fingerprint density at radius 1 is 1.42 bits per heavy atom. The lowest BCUT2D eigenvalue weighted by atomic mass is 10.5. The van der Waals surface area contributed by atoms with Gasteiger partial charge in [0.1, 0.15) is 0 Å². The van der Waals surface area contributed by atoms with Gasteiger partial charge in [-0.2, -0.15) is 0 Å². The van der Waals surface area contributed by atoms with Gasteiger partial charge in [0.2, 0.25) is 0 Å². The molecule has 0 unspecified atom stereocenters. The Balaban J connectivity index is 3.47. The first-order valence-corrected chi connectivity index (χ1v) is 2.99. The van der Waals surface area contributed by atoms with E-state index in [9.17, 15) is 18.0 Å². The van der Waals surface area contributed by atoms with E-state index < -0.39 is 12.5 Å². The molecule has 72 valence electrons. The van der Waals surface area contributed by atoms with E-state index in [0.29, 0.717) is 0 Å². The molecule has 0 bridgehead atoms. The summed E-state index contributed by atoms with van der Waals surface area (Å²) in [6.45, 7) is -0.565. The van der Waals surface area contributed by atoms with E-state index in [-0.39, 0.29) is 19.6 Å². The van der Waals surface area contributed by atoms with Crippen LogP contribution in [0.25, 0.3) is 0 Å². The van der Waals surface area contributed by atoms with E-state index in [1.165, 1.54) is 0 Å². The Hall–Kier alpha value is -0.980. The molecule has 0 radical (unpaired) electrons. The fourth-order valence-corrected chi connectivity index (χ4v) is 0.344. The fraction of sp³-hybridized carbons (Fsp3) is 0.800. The number of alkyl halides is 3. The Morgan fingerprint density at radius 2 is 2.00 bits per heavy atom. The molecule has 1 N–H and O–H groups in total. The van der Waals surface area contributed by atoms with Crippen molar-refractivity contribution in [3.8, 4) is 0 Å². The molecule has 0 aliphatic rings. The van der Waals surface area contributed by atoms with Crippen LogP contribution in [0.3, 0.4) is 0 Å². The zero-order valence-electron chi connectivity index (χ0n) is 5.93. The standard InChI is InChI=1S/C5H7F3O4/c6-5(7,8)12-4(10)11-3-1-2-9/h9H,1-3H2. The van der Waals surface area contributed by atoms with Crippen molar-refractivity contribution in [3.05, 3.63) is 0 Å². The third-order valence-corrected chi connectivity index (χ3v) is 0.721. The van der Waals surface area contributed by atoms with Crippen LogP contribution in [-0.4, -0.2) is 30.8 Å². The smallest absolute Gasteiger partial charge is 0.434 e. The number of rotatable bonds is 3. The van der Waals surface area contributed by atoms with Crippen molar-refractivity contribution in [2.45, 2.75) is 12.8 Å². The molecule has 0 spiro atoms. The van der Waals surface area contributed by atoms with Gasteiger partial charge in [-0.05, 0) is 0 Å². The third-order valence-electron chi connectivity index (χ3n) is 0.721. The summed E-state index contributed by atoms with van der Waals surface area (Å²) in [6, 6.07) is 0. The summed E-state index contributed by atoms with van der Waals surface area (Å²) < 4.78 is 40.5. The summed E-state index contributed by atoms with van der Waals surface area (Å²) in [5.41, 5.74) is 0. The van der Waals surface area contributed by atoms with Gasteiger partial charge in [0.15, 0.2) is 0 Å². The number of halogens is 3. The maximum atomic E-state index is 11.2. The monoisotopic (exact) mass is 188 g/mol. The minimum atomic E-state index is -5.02. The number of hydrogen-bond acceptors (Lipinski definition) is 4. The number of carbonyl (C=O) groups is 1. The average molecular weight is 188 g/mol. The number of carbonyl (C=O) groups excluding carboxylic acids is 1. The number of hydrogen-bond donors (Lipinski definition) is 1. The normalized spacial score (nSPS) is 11.0. The lowest BCUT2D eigenvalue weighted by Gasteiger charge is -2.06. The highest BCUT2D eigenvalue weighted by Crippen LogP contribution is 2.16. The van der Waals surface area contributed by atoms with Crippen LogP contribution in [0.1, 0.15) is 6.42 Å². The average Bonchev–Trinajstić information content (AvgIpc) is 1.84. The highest BCUT2D eigenvalue weighted by molar-refractivity contribution is 5.59. The highest BCUT2D eigenvalue weighted by Gasteiger charge is 2.34. The molecule has 0 aliphatic carbocycles. The highest BCUT2D eigenvalue weighted by atomic mass is 19.4. The molecule has 0 aromatic rings. The Kier molecular flexibility index (Phi) is 4.42. The molecule has 0 aromatic heterocycles. The van der Waals surface area contributed by atoms with Crippen molar-refractivity contribution < 1.29 is 32.5 Å². The van der Waals surface area contributed by atoms with E-state index in [2.05, 4.69) is 9.47 Å². The quantitative estimate of drug-likeness (QED) is 0.531. The van der Waals surface area contributed by atoms with E-state index in [4.69, 9.17) is 5.11 Å². The van der Waals surface area contributed by atoms with Crippen LogP contribution in [0.15, 0.2) is 0 Å². The van der Waals surface area contributed by atoms with E-state index in [0.717, 1.165) is 0 Å². The number of ether oxygens (including phenoxy) is 2. The fourth-order valence-electron chi connectivity index (χ4n) is 0.344. The van der Waals surface area contributed by atoms with E-state index >= 15 is 0 Å². The van der Waals surface area contributed by atoms with Gasteiger partial charge >= 0.3 is 12.5 Å². The van der Waals surface area contributed by atoms with Gasteiger partial charge in [-0.25, -0.2) is 4.79 Å². The van der Waals surface area contributed by atoms with Gasteiger partial charge in [0, 0.05) is 13.0 Å². The Morgan fingerprint density at radius 3 is 2.42 bits per heavy atom. The van der Waals surface area contributed by atoms with Crippen LogP contribution in [0.4, 0.5) is 18.0 Å². The second-order valence-corrected chi connectivity index (χ2v) is 1.72. The summed E-state index contributed by atoms with van der Waals surface area (Å²) in [7, 11) is 0. The van der Waals surface area contributed by atoms with Crippen LogP contribution in [-0.2, 0) is 9.47 Å². The molecule has 0 saturated carbocycles. The molecule has 12 heavy (non-hydrogen) atoms. The molecule has 0 heterocycles. The second kappa shape index (κ2) is 4.81. The van der Waals surface area contributed by atoms with Crippen LogP contribution < -0.4 is 0 Å². The molecule has 4 nitrogen and oxygen atoms in total. The van der Waals surface area contributed by atoms with Crippen molar-refractivity contribution in [2.24, 2.45) is 0 Å². The topological polar surface area (TPSA) is 55.8 Å². The van der Waals surface area contributed by atoms with Crippen LogP contribution >= 0.6 is 0 Å². The summed E-state index contributed by atoms with van der Waals surface area (Å²) >= 11 is 0. The summed E-state index contributed by atoms with van der Waals surface area (Å²) in [5, 5.41) is 8.16. The molecule has 0 atom stereocenters. The van der Waals surface area contributed by atoms with Crippen molar-refractivity contribution >= 4 is 6.16 Å². The first-order valence-electron chi connectivity index (χ1n) is 2.99. The van der Waals surface area contributed by atoms with Crippen molar-refractivity contribution in [1.82, 2.24) is 0 Å². The van der Waals surface area contributed by atoms with Gasteiger partial charge in [0.05, 0.1) is 6.61 Å². The predicted molar refractivity (Wildman–Crippen MR) is 30.2 cm³/mol. The zero-order chi connectivity index (χ0) is 9.61. The minimum absolute atomic E-state index is 0.0763. The van der Waals surface area contributed by atoms with Gasteiger partial charge in [-0.3, -0.25) is 0 Å².